The number of amides is 2. The number of hydrogen-bond donors (Lipinski definition) is 3. The van der Waals surface area contributed by atoms with Crippen LogP contribution >= 0.6 is 0 Å². The summed E-state index contributed by atoms with van der Waals surface area (Å²) in [6.45, 7) is 3.24. The summed E-state index contributed by atoms with van der Waals surface area (Å²) >= 11 is 0. The summed E-state index contributed by atoms with van der Waals surface area (Å²) in [6, 6.07) is -0.100. The van der Waals surface area contributed by atoms with Crippen molar-refractivity contribution in [2.75, 3.05) is 20.1 Å². The molecular weight excluding hydrogens is 260 g/mol. The van der Waals surface area contributed by atoms with Gasteiger partial charge in [-0.05, 0) is 37.5 Å². The van der Waals surface area contributed by atoms with Crippen LogP contribution in [0.2, 0.25) is 0 Å². The summed E-state index contributed by atoms with van der Waals surface area (Å²) < 4.78 is 0. The fourth-order valence-corrected chi connectivity index (χ4v) is 2.39. The molecule has 0 aromatic rings. The largest absolute Gasteiger partial charge is 0.481 e. The molecule has 6 heteroatoms. The highest BCUT2D eigenvalue weighted by Gasteiger charge is 2.28. The molecule has 0 spiro atoms. The van der Waals surface area contributed by atoms with Crippen LogP contribution in [0.5, 0.6) is 0 Å². The van der Waals surface area contributed by atoms with Gasteiger partial charge in [-0.1, -0.05) is 6.92 Å². The van der Waals surface area contributed by atoms with Crippen LogP contribution in [0, 0.1) is 11.8 Å². The minimum atomic E-state index is -0.775. The Labute approximate surface area is 120 Å². The molecule has 116 valence electrons. The smallest absolute Gasteiger partial charge is 0.317 e. The van der Waals surface area contributed by atoms with E-state index in [0.29, 0.717) is 31.3 Å². The molecule has 0 aromatic heterocycles. The fourth-order valence-electron chi connectivity index (χ4n) is 2.39. The van der Waals surface area contributed by atoms with E-state index in [-0.39, 0.29) is 18.6 Å². The standard InChI is InChI=1S/C14H26N2O4/c1-10(3-4-13(18)19)5-6-15-14(20)16(2)9-11-7-12(17)8-11/h10-12,17H,3-9H2,1-2H3,(H,15,20)(H,18,19). The summed E-state index contributed by atoms with van der Waals surface area (Å²) in [6.07, 6.45) is 2.98. The highest BCUT2D eigenvalue weighted by Crippen LogP contribution is 2.27. The van der Waals surface area contributed by atoms with Gasteiger partial charge in [-0.15, -0.1) is 0 Å². The van der Waals surface area contributed by atoms with Crippen molar-refractivity contribution in [1.82, 2.24) is 10.2 Å². The highest BCUT2D eigenvalue weighted by atomic mass is 16.4. The average Bonchev–Trinajstić information content (AvgIpc) is 2.34. The van der Waals surface area contributed by atoms with E-state index in [9.17, 15) is 14.7 Å². The number of carbonyl (C=O) groups is 2. The quantitative estimate of drug-likeness (QED) is 0.627. The van der Waals surface area contributed by atoms with Crippen molar-refractivity contribution >= 4 is 12.0 Å². The second kappa shape index (κ2) is 8.09. The number of carbonyl (C=O) groups excluding carboxylic acids is 1. The highest BCUT2D eigenvalue weighted by molar-refractivity contribution is 5.73. The first-order valence-electron chi connectivity index (χ1n) is 7.27. The van der Waals surface area contributed by atoms with Crippen LogP contribution in [0.4, 0.5) is 4.79 Å². The van der Waals surface area contributed by atoms with E-state index in [1.165, 1.54) is 0 Å². The molecule has 1 atom stereocenters. The molecular formula is C14H26N2O4. The van der Waals surface area contributed by atoms with Gasteiger partial charge in [0.25, 0.3) is 0 Å². The normalized spacial score (nSPS) is 22.8. The average molecular weight is 286 g/mol. The van der Waals surface area contributed by atoms with Gasteiger partial charge in [0.05, 0.1) is 6.10 Å². The lowest BCUT2D eigenvalue weighted by molar-refractivity contribution is -0.137. The zero-order chi connectivity index (χ0) is 15.1. The van der Waals surface area contributed by atoms with Crippen molar-refractivity contribution in [2.45, 2.75) is 45.1 Å². The van der Waals surface area contributed by atoms with E-state index in [0.717, 1.165) is 19.3 Å². The Hall–Kier alpha value is -1.30. The second-order valence-electron chi connectivity index (χ2n) is 5.93. The maximum atomic E-state index is 11.8. The van der Waals surface area contributed by atoms with Crippen molar-refractivity contribution in [1.29, 1.82) is 0 Å². The van der Waals surface area contributed by atoms with Gasteiger partial charge >= 0.3 is 12.0 Å². The Balaban J connectivity index is 2.08. The molecule has 1 rings (SSSR count). The Kier molecular flexibility index (Phi) is 6.78. The first kappa shape index (κ1) is 16.8. The third-order valence-corrected chi connectivity index (χ3v) is 3.85. The van der Waals surface area contributed by atoms with Crippen molar-refractivity contribution < 1.29 is 19.8 Å². The SMILES string of the molecule is CC(CCNC(=O)N(C)CC1CC(O)C1)CCC(=O)O. The molecule has 0 radical (unpaired) electrons. The number of hydrogen-bond acceptors (Lipinski definition) is 3. The minimum absolute atomic E-state index is 0.100. The summed E-state index contributed by atoms with van der Waals surface area (Å²) in [4.78, 5) is 23.9. The molecule has 6 nitrogen and oxygen atoms in total. The maximum absolute atomic E-state index is 11.8. The number of aliphatic carboxylic acids is 1. The molecule has 1 saturated carbocycles. The lowest BCUT2D eigenvalue weighted by atomic mass is 9.82. The van der Waals surface area contributed by atoms with E-state index < -0.39 is 5.97 Å². The Morgan fingerprint density at radius 1 is 1.35 bits per heavy atom. The molecule has 0 aromatic carbocycles. The topological polar surface area (TPSA) is 89.9 Å². The molecule has 1 unspecified atom stereocenters. The number of urea groups is 1. The predicted molar refractivity (Wildman–Crippen MR) is 75.4 cm³/mol. The number of aliphatic hydroxyl groups excluding tert-OH is 1. The van der Waals surface area contributed by atoms with Gasteiger partial charge in [0.15, 0.2) is 0 Å². The van der Waals surface area contributed by atoms with Gasteiger partial charge in [-0.3, -0.25) is 4.79 Å². The van der Waals surface area contributed by atoms with E-state index in [4.69, 9.17) is 5.11 Å². The van der Waals surface area contributed by atoms with Crippen LogP contribution in [0.25, 0.3) is 0 Å². The van der Waals surface area contributed by atoms with Crippen LogP contribution in [-0.4, -0.2) is 53.4 Å². The third-order valence-electron chi connectivity index (χ3n) is 3.85. The van der Waals surface area contributed by atoms with Gasteiger partial charge in [-0.2, -0.15) is 0 Å². The van der Waals surface area contributed by atoms with Gasteiger partial charge in [0.2, 0.25) is 0 Å². The number of aliphatic hydroxyl groups is 1. The summed E-state index contributed by atoms with van der Waals surface area (Å²) in [5, 5.41) is 20.6. The molecule has 0 heterocycles. The third kappa shape index (κ3) is 6.23. The van der Waals surface area contributed by atoms with Crippen molar-refractivity contribution in [3.8, 4) is 0 Å². The van der Waals surface area contributed by atoms with Crippen LogP contribution < -0.4 is 5.32 Å². The monoisotopic (exact) mass is 286 g/mol. The van der Waals surface area contributed by atoms with Gasteiger partial charge in [0.1, 0.15) is 0 Å². The van der Waals surface area contributed by atoms with E-state index in [1.54, 1.807) is 11.9 Å². The van der Waals surface area contributed by atoms with Gasteiger partial charge in [0, 0.05) is 26.6 Å². The van der Waals surface area contributed by atoms with Gasteiger partial charge in [-0.25, -0.2) is 4.79 Å². The number of carboxylic acid groups (broad SMARTS) is 1. The first-order chi connectivity index (χ1) is 9.38. The molecule has 1 fully saturated rings. The van der Waals surface area contributed by atoms with Crippen molar-refractivity contribution in [3.05, 3.63) is 0 Å². The number of nitrogens with zero attached hydrogens (tertiary/aromatic N) is 1. The molecule has 3 N–H and O–H groups in total. The summed E-state index contributed by atoms with van der Waals surface area (Å²) in [7, 11) is 1.76. The molecule has 1 aliphatic carbocycles. The van der Waals surface area contributed by atoms with Crippen molar-refractivity contribution in [3.63, 3.8) is 0 Å². The lowest BCUT2D eigenvalue weighted by Gasteiger charge is -2.34. The first-order valence-corrected chi connectivity index (χ1v) is 7.27. The van der Waals surface area contributed by atoms with Crippen LogP contribution in [0.3, 0.4) is 0 Å². The zero-order valence-corrected chi connectivity index (χ0v) is 12.3. The van der Waals surface area contributed by atoms with Crippen LogP contribution in [-0.2, 0) is 4.79 Å². The minimum Gasteiger partial charge on any atom is -0.481 e. The van der Waals surface area contributed by atoms with E-state index in [2.05, 4.69) is 5.32 Å². The van der Waals surface area contributed by atoms with Crippen LogP contribution in [0.1, 0.15) is 39.0 Å². The van der Waals surface area contributed by atoms with E-state index >= 15 is 0 Å². The second-order valence-corrected chi connectivity index (χ2v) is 5.93. The molecule has 20 heavy (non-hydrogen) atoms. The molecule has 0 bridgehead atoms. The number of nitrogens with one attached hydrogen (secondary N) is 1. The Morgan fingerprint density at radius 3 is 2.55 bits per heavy atom. The maximum Gasteiger partial charge on any atom is 0.317 e. The molecule has 1 aliphatic rings. The van der Waals surface area contributed by atoms with E-state index in [1.807, 2.05) is 6.92 Å². The Morgan fingerprint density at radius 2 is 2.00 bits per heavy atom. The molecule has 0 saturated heterocycles. The zero-order valence-electron chi connectivity index (χ0n) is 12.3. The molecule has 0 aliphatic heterocycles. The van der Waals surface area contributed by atoms with Crippen LogP contribution in [0.15, 0.2) is 0 Å². The van der Waals surface area contributed by atoms with Gasteiger partial charge < -0.3 is 20.4 Å². The summed E-state index contributed by atoms with van der Waals surface area (Å²) in [5.74, 6) is -0.0722. The summed E-state index contributed by atoms with van der Waals surface area (Å²) in [5.41, 5.74) is 0. The lowest BCUT2D eigenvalue weighted by Crippen LogP contribution is -2.44. The molecule has 2 amide bonds. The number of carboxylic acids is 1. The number of rotatable bonds is 8. The fraction of sp³-hybridized carbons (Fsp3) is 0.857. The van der Waals surface area contributed by atoms with Crippen molar-refractivity contribution in [2.24, 2.45) is 11.8 Å². The Bertz CT molecular complexity index is 329. The predicted octanol–water partition coefficient (Wildman–Crippen LogP) is 1.29.